The van der Waals surface area contributed by atoms with E-state index in [1.807, 2.05) is 0 Å². The molecule has 1 aromatic heterocycles. The number of β-amino-alcohol motifs (C(OH)–C–C–N with tert-alkyl or cyclic N) is 1. The number of carbonyl (C=O) groups is 1. The molecule has 4 atom stereocenters. The van der Waals surface area contributed by atoms with Crippen molar-refractivity contribution in [1.29, 1.82) is 0 Å². The first-order valence-corrected chi connectivity index (χ1v) is 6.36. The minimum Gasteiger partial charge on any atom is -0.395 e. The van der Waals surface area contributed by atoms with E-state index in [0.717, 1.165) is 6.07 Å². The third kappa shape index (κ3) is 3.14. The molecule has 8 heteroatoms. The Balaban J connectivity index is 1.78. The van der Waals surface area contributed by atoms with Gasteiger partial charge in [0.1, 0.15) is 4.92 Å². The van der Waals surface area contributed by atoms with Gasteiger partial charge in [-0.15, -0.1) is 0 Å². The molecule has 1 amide bonds. The number of furan rings is 1. The number of nitro groups is 1. The number of hydrogen-bond acceptors (Lipinski definition) is 6. The molecule has 1 aliphatic rings. The molecule has 1 saturated heterocycles. The van der Waals surface area contributed by atoms with Gasteiger partial charge in [0.2, 0.25) is 0 Å². The van der Waals surface area contributed by atoms with E-state index in [-0.39, 0.29) is 12.3 Å². The second kappa shape index (κ2) is 5.59. The molecule has 0 bridgehead atoms. The van der Waals surface area contributed by atoms with Crippen LogP contribution in [0.5, 0.6) is 0 Å². The van der Waals surface area contributed by atoms with Gasteiger partial charge in [-0.05, 0) is 19.9 Å². The molecule has 1 fully saturated rings. The molecule has 2 rings (SSSR count). The van der Waals surface area contributed by atoms with E-state index in [4.69, 9.17) is 4.42 Å². The molecule has 2 N–H and O–H groups in total. The summed E-state index contributed by atoms with van der Waals surface area (Å²) in [6, 6.07) is 3.25. The van der Waals surface area contributed by atoms with Gasteiger partial charge < -0.3 is 14.8 Å². The van der Waals surface area contributed by atoms with E-state index < -0.39 is 22.8 Å². The molecule has 0 aliphatic carbocycles. The lowest BCUT2D eigenvalue weighted by molar-refractivity contribution is -0.402. The van der Waals surface area contributed by atoms with E-state index in [1.54, 1.807) is 0 Å². The van der Waals surface area contributed by atoms with Gasteiger partial charge in [-0.25, -0.2) is 0 Å². The van der Waals surface area contributed by atoms with E-state index in [9.17, 15) is 20.0 Å². The zero-order valence-electron chi connectivity index (χ0n) is 11.3. The standard InChI is InChI=1S/C12H17N3O5/c1-7-8(2)14(7)6-9(16)5-13-12(17)10-3-4-11(20-10)15(18)19/h3-4,7-9,16H,5-6H2,1-2H3,(H,13,17)/t7-,8+,9?,14?. The third-order valence-corrected chi connectivity index (χ3v) is 3.57. The van der Waals surface area contributed by atoms with Gasteiger partial charge in [0.15, 0.2) is 5.76 Å². The van der Waals surface area contributed by atoms with E-state index in [0.29, 0.717) is 18.6 Å². The number of carbonyl (C=O) groups excluding carboxylic acids is 1. The minimum absolute atomic E-state index is 0.0727. The summed E-state index contributed by atoms with van der Waals surface area (Å²) in [5.41, 5.74) is 0. The maximum absolute atomic E-state index is 11.7. The largest absolute Gasteiger partial charge is 0.433 e. The number of amides is 1. The molecule has 1 aliphatic heterocycles. The van der Waals surface area contributed by atoms with Crippen LogP contribution < -0.4 is 5.32 Å². The zero-order chi connectivity index (χ0) is 14.9. The molecule has 1 aromatic rings. The highest BCUT2D eigenvalue weighted by molar-refractivity contribution is 5.91. The fourth-order valence-electron chi connectivity index (χ4n) is 2.07. The van der Waals surface area contributed by atoms with Crippen molar-refractivity contribution in [3.63, 3.8) is 0 Å². The number of nitrogens with zero attached hydrogens (tertiary/aromatic N) is 2. The fraction of sp³-hybridized carbons (Fsp3) is 0.583. The van der Waals surface area contributed by atoms with Crippen LogP contribution in [0.25, 0.3) is 0 Å². The maximum atomic E-state index is 11.7. The van der Waals surface area contributed by atoms with Gasteiger partial charge in [-0.2, -0.15) is 0 Å². The van der Waals surface area contributed by atoms with Gasteiger partial charge >= 0.3 is 5.88 Å². The molecule has 0 aromatic carbocycles. The van der Waals surface area contributed by atoms with E-state index in [1.165, 1.54) is 6.07 Å². The topological polar surface area (TPSA) is 109 Å². The van der Waals surface area contributed by atoms with Crippen LogP contribution in [0.1, 0.15) is 24.4 Å². The predicted molar refractivity (Wildman–Crippen MR) is 69.3 cm³/mol. The van der Waals surface area contributed by atoms with Crippen molar-refractivity contribution in [2.24, 2.45) is 0 Å². The van der Waals surface area contributed by atoms with Crippen molar-refractivity contribution in [3.05, 3.63) is 28.0 Å². The summed E-state index contributed by atoms with van der Waals surface area (Å²) < 4.78 is 4.76. The Hall–Kier alpha value is -1.93. The molecule has 20 heavy (non-hydrogen) atoms. The van der Waals surface area contributed by atoms with Crippen LogP contribution in [0.4, 0.5) is 5.88 Å². The molecule has 0 spiro atoms. The zero-order valence-corrected chi connectivity index (χ0v) is 11.3. The van der Waals surface area contributed by atoms with Crippen molar-refractivity contribution in [2.75, 3.05) is 13.1 Å². The van der Waals surface area contributed by atoms with Gasteiger partial charge in [-0.1, -0.05) is 0 Å². The van der Waals surface area contributed by atoms with Gasteiger partial charge in [0.05, 0.1) is 12.2 Å². The van der Waals surface area contributed by atoms with Crippen LogP contribution in [0.2, 0.25) is 0 Å². The summed E-state index contributed by atoms with van der Waals surface area (Å²) in [4.78, 5) is 23.5. The Morgan fingerprint density at radius 1 is 1.55 bits per heavy atom. The number of nitrogens with one attached hydrogen (secondary N) is 1. The Morgan fingerprint density at radius 2 is 2.20 bits per heavy atom. The van der Waals surface area contributed by atoms with Crippen LogP contribution >= 0.6 is 0 Å². The fourth-order valence-corrected chi connectivity index (χ4v) is 2.07. The van der Waals surface area contributed by atoms with Crippen LogP contribution in [-0.2, 0) is 0 Å². The number of aliphatic hydroxyl groups excluding tert-OH is 1. The second-order valence-corrected chi connectivity index (χ2v) is 4.94. The Bertz CT molecular complexity index is 507. The summed E-state index contributed by atoms with van der Waals surface area (Å²) in [5, 5.41) is 22.7. The van der Waals surface area contributed by atoms with E-state index >= 15 is 0 Å². The van der Waals surface area contributed by atoms with Gasteiger partial charge in [0, 0.05) is 25.2 Å². The first kappa shape index (κ1) is 14.5. The molecule has 0 radical (unpaired) electrons. The third-order valence-electron chi connectivity index (χ3n) is 3.57. The first-order chi connectivity index (χ1) is 9.40. The van der Waals surface area contributed by atoms with Crippen molar-refractivity contribution < 1.29 is 19.2 Å². The highest BCUT2D eigenvalue weighted by atomic mass is 16.6. The lowest BCUT2D eigenvalue weighted by Crippen LogP contribution is -2.36. The molecule has 2 unspecified atom stereocenters. The van der Waals surface area contributed by atoms with Crippen LogP contribution in [-0.4, -0.2) is 52.1 Å². The molecule has 110 valence electrons. The Kier molecular flexibility index (Phi) is 4.05. The van der Waals surface area contributed by atoms with Crippen molar-refractivity contribution in [3.8, 4) is 0 Å². The summed E-state index contributed by atoms with van der Waals surface area (Å²) >= 11 is 0. The molecule has 8 nitrogen and oxygen atoms in total. The van der Waals surface area contributed by atoms with Crippen molar-refractivity contribution >= 4 is 11.8 Å². The van der Waals surface area contributed by atoms with Crippen molar-refractivity contribution in [2.45, 2.75) is 32.0 Å². The molecule has 2 heterocycles. The maximum Gasteiger partial charge on any atom is 0.433 e. The quantitative estimate of drug-likeness (QED) is 0.443. The molecular formula is C12H17N3O5. The second-order valence-electron chi connectivity index (χ2n) is 4.94. The van der Waals surface area contributed by atoms with E-state index in [2.05, 4.69) is 24.1 Å². The smallest absolute Gasteiger partial charge is 0.395 e. The average Bonchev–Trinajstić information content (AvgIpc) is 2.88. The summed E-state index contributed by atoms with van der Waals surface area (Å²) in [5.74, 6) is -1.20. The predicted octanol–water partition coefficient (Wildman–Crippen LogP) is 0.371. The highest BCUT2D eigenvalue weighted by Crippen LogP contribution is 2.26. The van der Waals surface area contributed by atoms with Crippen LogP contribution in [0.15, 0.2) is 16.5 Å². The van der Waals surface area contributed by atoms with Crippen LogP contribution in [0, 0.1) is 10.1 Å². The summed E-state index contributed by atoms with van der Waals surface area (Å²) in [6.07, 6.45) is -0.684. The molecular weight excluding hydrogens is 266 g/mol. The summed E-state index contributed by atoms with van der Waals surface area (Å²) in [7, 11) is 0. The Morgan fingerprint density at radius 3 is 2.70 bits per heavy atom. The monoisotopic (exact) mass is 283 g/mol. The highest BCUT2D eigenvalue weighted by Gasteiger charge is 2.40. The average molecular weight is 283 g/mol. The Labute approximate surface area is 115 Å². The minimum atomic E-state index is -0.714. The number of rotatable bonds is 6. The normalized spacial score (nSPS) is 26.1. The lowest BCUT2D eigenvalue weighted by atomic mass is 10.3. The lowest BCUT2D eigenvalue weighted by Gasteiger charge is -2.12. The molecule has 0 saturated carbocycles. The number of aliphatic hydroxyl groups is 1. The number of hydrogen-bond donors (Lipinski definition) is 2. The van der Waals surface area contributed by atoms with Crippen molar-refractivity contribution in [1.82, 2.24) is 10.2 Å². The summed E-state index contributed by atoms with van der Waals surface area (Å²) in [6.45, 7) is 4.69. The van der Waals surface area contributed by atoms with Crippen LogP contribution in [0.3, 0.4) is 0 Å². The van der Waals surface area contributed by atoms with Gasteiger partial charge in [0.25, 0.3) is 5.91 Å². The first-order valence-electron chi connectivity index (χ1n) is 6.36. The SMILES string of the molecule is C[C@@H]1[C@H](C)N1CC(O)CNC(=O)c1ccc([N+](=O)[O-])o1. The van der Waals surface area contributed by atoms with Gasteiger partial charge in [-0.3, -0.25) is 19.8 Å².